The first-order chi connectivity index (χ1) is 5.61. The van der Waals surface area contributed by atoms with Crippen molar-refractivity contribution in [3.63, 3.8) is 0 Å². The highest BCUT2D eigenvalue weighted by atomic mass is 16.6. The zero-order valence-electron chi connectivity index (χ0n) is 7.74. The van der Waals surface area contributed by atoms with Gasteiger partial charge in [-0.15, -0.1) is 0 Å². The molecule has 0 saturated carbocycles. The van der Waals surface area contributed by atoms with Crippen molar-refractivity contribution in [2.75, 3.05) is 20.3 Å². The summed E-state index contributed by atoms with van der Waals surface area (Å²) in [6.45, 7) is 3.48. The Labute approximate surface area is 72.5 Å². The molecule has 0 amide bonds. The lowest BCUT2D eigenvalue weighted by atomic mass is 10.2. The molecule has 0 aromatic rings. The molecule has 0 saturated heterocycles. The predicted octanol–water partition coefficient (Wildman–Crippen LogP) is 0.193. The van der Waals surface area contributed by atoms with E-state index >= 15 is 0 Å². The minimum absolute atomic E-state index is 0.115. The minimum atomic E-state index is -0.410. The van der Waals surface area contributed by atoms with Crippen molar-refractivity contribution in [1.82, 2.24) is 0 Å². The van der Waals surface area contributed by atoms with Crippen molar-refractivity contribution in [3.8, 4) is 0 Å². The van der Waals surface area contributed by atoms with Gasteiger partial charge in [0.2, 0.25) is 0 Å². The third kappa shape index (κ3) is 4.31. The fourth-order valence-corrected chi connectivity index (χ4v) is 0.537. The molecule has 1 atom stereocenters. The molecule has 0 aliphatic heterocycles. The average molecular weight is 176 g/mol. The Morgan fingerprint density at radius 1 is 1.50 bits per heavy atom. The monoisotopic (exact) mass is 176 g/mol. The van der Waals surface area contributed by atoms with Crippen LogP contribution in [0.5, 0.6) is 0 Å². The van der Waals surface area contributed by atoms with Crippen LogP contribution in [0.15, 0.2) is 0 Å². The highest BCUT2D eigenvalue weighted by Crippen LogP contribution is 1.98. The second-order valence-corrected chi connectivity index (χ2v) is 2.83. The summed E-state index contributed by atoms with van der Waals surface area (Å²) in [4.78, 5) is 10.9. The van der Waals surface area contributed by atoms with Gasteiger partial charge in [0.05, 0.1) is 12.5 Å². The van der Waals surface area contributed by atoms with E-state index in [1.54, 1.807) is 13.8 Å². The summed E-state index contributed by atoms with van der Waals surface area (Å²) in [7, 11) is 1.46. The van der Waals surface area contributed by atoms with Gasteiger partial charge in [0.25, 0.3) is 0 Å². The van der Waals surface area contributed by atoms with Crippen molar-refractivity contribution >= 4 is 5.97 Å². The number of carbonyl (C=O) groups is 1. The summed E-state index contributed by atoms with van der Waals surface area (Å²) >= 11 is 0. The second-order valence-electron chi connectivity index (χ2n) is 2.83. The number of esters is 1. The lowest BCUT2D eigenvalue weighted by molar-refractivity contribution is -0.151. The van der Waals surface area contributed by atoms with Crippen LogP contribution in [0.1, 0.15) is 13.8 Å². The molecular weight excluding hydrogens is 160 g/mol. The number of rotatable bonds is 5. The highest BCUT2D eigenvalue weighted by Gasteiger charge is 2.12. The van der Waals surface area contributed by atoms with E-state index in [0.717, 1.165) is 0 Å². The molecule has 0 spiro atoms. The van der Waals surface area contributed by atoms with Gasteiger partial charge in [-0.3, -0.25) is 4.79 Å². The van der Waals surface area contributed by atoms with Crippen LogP contribution in [0.25, 0.3) is 0 Å². The zero-order chi connectivity index (χ0) is 9.56. The third-order valence-corrected chi connectivity index (χ3v) is 1.42. The summed E-state index contributed by atoms with van der Waals surface area (Å²) < 4.78 is 9.63. The second kappa shape index (κ2) is 5.97. The number of aliphatic hydroxyl groups excluding tert-OH is 1. The van der Waals surface area contributed by atoms with Crippen LogP contribution in [0.2, 0.25) is 0 Å². The van der Waals surface area contributed by atoms with Crippen molar-refractivity contribution in [1.29, 1.82) is 0 Å². The Bertz CT molecular complexity index is 129. The van der Waals surface area contributed by atoms with Gasteiger partial charge in [0.1, 0.15) is 12.7 Å². The van der Waals surface area contributed by atoms with Crippen molar-refractivity contribution < 1.29 is 19.4 Å². The number of ether oxygens (including phenoxy) is 2. The standard InChI is InChI=1S/C8H16O4/c1-6(2)8(10)12-5-7(4-9)11-3/h6-7,9H,4-5H2,1-3H3. The van der Waals surface area contributed by atoms with Gasteiger partial charge in [-0.25, -0.2) is 0 Å². The van der Waals surface area contributed by atoms with Gasteiger partial charge in [-0.1, -0.05) is 13.8 Å². The van der Waals surface area contributed by atoms with Crippen molar-refractivity contribution in [2.24, 2.45) is 5.92 Å². The van der Waals surface area contributed by atoms with Gasteiger partial charge < -0.3 is 14.6 Å². The van der Waals surface area contributed by atoms with E-state index in [2.05, 4.69) is 0 Å². The van der Waals surface area contributed by atoms with Crippen LogP contribution < -0.4 is 0 Å². The fraction of sp³-hybridized carbons (Fsp3) is 0.875. The maximum atomic E-state index is 10.9. The topological polar surface area (TPSA) is 55.8 Å². The number of methoxy groups -OCH3 is 1. The smallest absolute Gasteiger partial charge is 0.308 e. The number of hydrogen-bond donors (Lipinski definition) is 1. The first-order valence-corrected chi connectivity index (χ1v) is 3.92. The fourth-order valence-electron chi connectivity index (χ4n) is 0.537. The summed E-state index contributed by atoms with van der Waals surface area (Å²) in [5.41, 5.74) is 0. The molecule has 12 heavy (non-hydrogen) atoms. The molecule has 4 nitrogen and oxygen atoms in total. The lowest BCUT2D eigenvalue weighted by Gasteiger charge is -2.13. The van der Waals surface area contributed by atoms with Crippen molar-refractivity contribution in [2.45, 2.75) is 20.0 Å². The quantitative estimate of drug-likeness (QED) is 0.608. The molecule has 72 valence electrons. The molecule has 4 heteroatoms. The van der Waals surface area contributed by atoms with E-state index in [0.29, 0.717) is 0 Å². The van der Waals surface area contributed by atoms with Crippen LogP contribution in [0.4, 0.5) is 0 Å². The Morgan fingerprint density at radius 3 is 2.42 bits per heavy atom. The first kappa shape index (κ1) is 11.4. The summed E-state index contributed by atoms with van der Waals surface area (Å²) in [6, 6.07) is 0. The van der Waals surface area contributed by atoms with Crippen LogP contribution in [-0.2, 0) is 14.3 Å². The normalized spacial score (nSPS) is 13.1. The van der Waals surface area contributed by atoms with E-state index in [1.807, 2.05) is 0 Å². The van der Waals surface area contributed by atoms with E-state index < -0.39 is 6.10 Å². The Morgan fingerprint density at radius 2 is 2.08 bits per heavy atom. The molecule has 0 aromatic heterocycles. The largest absolute Gasteiger partial charge is 0.463 e. The molecule has 0 rings (SSSR count). The van der Waals surface area contributed by atoms with E-state index in [-0.39, 0.29) is 25.1 Å². The van der Waals surface area contributed by atoms with E-state index in [9.17, 15) is 4.79 Å². The molecule has 1 unspecified atom stereocenters. The highest BCUT2D eigenvalue weighted by molar-refractivity contribution is 5.71. The SMILES string of the molecule is COC(CO)COC(=O)C(C)C. The van der Waals surface area contributed by atoms with Gasteiger partial charge in [0.15, 0.2) is 0 Å². The Kier molecular flexibility index (Phi) is 5.66. The summed E-state index contributed by atoms with van der Waals surface area (Å²) in [5, 5.41) is 8.66. The molecule has 1 N–H and O–H groups in total. The average Bonchev–Trinajstić information content (AvgIpc) is 2.05. The molecule has 0 aliphatic rings. The molecule has 0 bridgehead atoms. The van der Waals surface area contributed by atoms with Crippen LogP contribution in [-0.4, -0.2) is 37.5 Å². The molecular formula is C8H16O4. The molecule has 0 aromatic carbocycles. The molecule has 0 aliphatic carbocycles. The van der Waals surface area contributed by atoms with Gasteiger partial charge in [0, 0.05) is 7.11 Å². The zero-order valence-corrected chi connectivity index (χ0v) is 7.74. The van der Waals surface area contributed by atoms with Gasteiger partial charge in [-0.2, -0.15) is 0 Å². The summed E-state index contributed by atoms with van der Waals surface area (Å²) in [6.07, 6.45) is -0.410. The maximum Gasteiger partial charge on any atom is 0.308 e. The molecule has 0 fully saturated rings. The van der Waals surface area contributed by atoms with Gasteiger partial charge in [-0.05, 0) is 0 Å². The molecule has 0 heterocycles. The van der Waals surface area contributed by atoms with Crippen molar-refractivity contribution in [3.05, 3.63) is 0 Å². The third-order valence-electron chi connectivity index (χ3n) is 1.42. The molecule has 0 radical (unpaired) electrons. The lowest BCUT2D eigenvalue weighted by Crippen LogP contribution is -2.25. The number of aliphatic hydroxyl groups is 1. The number of carbonyl (C=O) groups excluding carboxylic acids is 1. The Hall–Kier alpha value is -0.610. The minimum Gasteiger partial charge on any atom is -0.463 e. The van der Waals surface area contributed by atoms with Crippen LogP contribution >= 0.6 is 0 Å². The predicted molar refractivity (Wildman–Crippen MR) is 43.7 cm³/mol. The maximum absolute atomic E-state index is 10.9. The Balaban J connectivity index is 3.59. The number of hydrogen-bond acceptors (Lipinski definition) is 4. The van der Waals surface area contributed by atoms with Crippen LogP contribution in [0.3, 0.4) is 0 Å². The van der Waals surface area contributed by atoms with Gasteiger partial charge >= 0.3 is 5.97 Å². The summed E-state index contributed by atoms with van der Waals surface area (Å²) in [5.74, 6) is -0.410. The van der Waals surface area contributed by atoms with Crippen LogP contribution in [0, 0.1) is 5.92 Å². The first-order valence-electron chi connectivity index (χ1n) is 3.92. The van der Waals surface area contributed by atoms with E-state index in [4.69, 9.17) is 14.6 Å². The van der Waals surface area contributed by atoms with E-state index in [1.165, 1.54) is 7.11 Å².